The van der Waals surface area contributed by atoms with Gasteiger partial charge in [-0.25, -0.2) is 4.98 Å². The van der Waals surface area contributed by atoms with Crippen molar-refractivity contribution in [1.29, 1.82) is 0 Å². The minimum absolute atomic E-state index is 0.0515. The standard InChI is InChI=1S/C13H15N3O4/c1-3-19-12-6-10(4-5-11(12)16(17)18)14-8-13-15-7-9(2)20-13/h4-7,14H,3,8H2,1-2H3. The molecular weight excluding hydrogens is 262 g/mol. The van der Waals surface area contributed by atoms with Crippen LogP contribution in [0, 0.1) is 17.0 Å². The highest BCUT2D eigenvalue weighted by Crippen LogP contribution is 2.30. The van der Waals surface area contributed by atoms with Gasteiger partial charge in [0.15, 0.2) is 5.75 Å². The molecule has 0 unspecified atom stereocenters. The predicted molar refractivity (Wildman–Crippen MR) is 72.8 cm³/mol. The van der Waals surface area contributed by atoms with Crippen LogP contribution in [0.15, 0.2) is 28.8 Å². The van der Waals surface area contributed by atoms with Crippen molar-refractivity contribution in [3.05, 3.63) is 46.2 Å². The normalized spacial score (nSPS) is 10.3. The molecule has 1 aromatic carbocycles. The summed E-state index contributed by atoms with van der Waals surface area (Å²) in [5.74, 6) is 1.53. The van der Waals surface area contributed by atoms with Gasteiger partial charge in [-0.3, -0.25) is 10.1 Å². The number of benzene rings is 1. The van der Waals surface area contributed by atoms with Gasteiger partial charge in [0.1, 0.15) is 5.76 Å². The fourth-order valence-electron chi connectivity index (χ4n) is 1.71. The molecule has 2 aromatic rings. The van der Waals surface area contributed by atoms with Crippen LogP contribution in [-0.4, -0.2) is 16.5 Å². The molecular formula is C13H15N3O4. The second-order valence-corrected chi connectivity index (χ2v) is 4.09. The van der Waals surface area contributed by atoms with Crippen LogP contribution in [-0.2, 0) is 6.54 Å². The Morgan fingerprint density at radius 1 is 1.50 bits per heavy atom. The van der Waals surface area contributed by atoms with Crippen LogP contribution in [0.1, 0.15) is 18.6 Å². The average Bonchev–Trinajstić information content (AvgIpc) is 2.82. The first kappa shape index (κ1) is 13.9. The van der Waals surface area contributed by atoms with E-state index in [-0.39, 0.29) is 11.4 Å². The second kappa shape index (κ2) is 6.05. The third-order valence-corrected chi connectivity index (χ3v) is 2.57. The molecule has 0 atom stereocenters. The third kappa shape index (κ3) is 3.25. The lowest BCUT2D eigenvalue weighted by molar-refractivity contribution is -0.385. The predicted octanol–water partition coefficient (Wildman–Crippen LogP) is 2.90. The molecule has 1 aromatic heterocycles. The van der Waals surface area contributed by atoms with Gasteiger partial charge in [0, 0.05) is 17.8 Å². The van der Waals surface area contributed by atoms with E-state index in [0.717, 1.165) is 5.76 Å². The van der Waals surface area contributed by atoms with Crippen LogP contribution in [0.2, 0.25) is 0 Å². The second-order valence-electron chi connectivity index (χ2n) is 4.09. The van der Waals surface area contributed by atoms with Crippen molar-refractivity contribution in [2.75, 3.05) is 11.9 Å². The lowest BCUT2D eigenvalue weighted by Gasteiger charge is -2.08. The Hall–Kier alpha value is -2.57. The Bertz CT molecular complexity index is 609. The SMILES string of the molecule is CCOc1cc(NCc2ncc(C)o2)ccc1[N+](=O)[O-]. The van der Waals surface area contributed by atoms with E-state index in [0.29, 0.717) is 24.7 Å². The van der Waals surface area contributed by atoms with Gasteiger partial charge in [0.25, 0.3) is 0 Å². The molecule has 7 heteroatoms. The van der Waals surface area contributed by atoms with Crippen LogP contribution in [0.3, 0.4) is 0 Å². The molecule has 7 nitrogen and oxygen atoms in total. The maximum atomic E-state index is 10.9. The number of nitrogens with zero attached hydrogens (tertiary/aromatic N) is 2. The summed E-state index contributed by atoms with van der Waals surface area (Å²) in [4.78, 5) is 14.5. The van der Waals surface area contributed by atoms with Gasteiger partial charge in [0.2, 0.25) is 5.89 Å². The molecule has 106 valence electrons. The summed E-state index contributed by atoms with van der Waals surface area (Å²) in [5.41, 5.74) is 0.652. The first-order chi connectivity index (χ1) is 9.60. The molecule has 1 heterocycles. The number of nitro groups is 1. The van der Waals surface area contributed by atoms with E-state index < -0.39 is 4.92 Å². The zero-order chi connectivity index (χ0) is 14.5. The van der Waals surface area contributed by atoms with Crippen molar-refractivity contribution in [1.82, 2.24) is 4.98 Å². The van der Waals surface area contributed by atoms with Crippen LogP contribution < -0.4 is 10.1 Å². The highest BCUT2D eigenvalue weighted by atomic mass is 16.6. The molecule has 2 rings (SSSR count). The van der Waals surface area contributed by atoms with Gasteiger partial charge >= 0.3 is 5.69 Å². The summed E-state index contributed by atoms with van der Waals surface area (Å²) in [6.07, 6.45) is 1.64. The van der Waals surface area contributed by atoms with E-state index in [2.05, 4.69) is 10.3 Å². The fourth-order valence-corrected chi connectivity index (χ4v) is 1.71. The number of aryl methyl sites for hydroxylation is 1. The number of aromatic nitrogens is 1. The van der Waals surface area contributed by atoms with E-state index in [1.165, 1.54) is 6.07 Å². The molecule has 1 N–H and O–H groups in total. The fraction of sp³-hybridized carbons (Fsp3) is 0.308. The summed E-state index contributed by atoms with van der Waals surface area (Å²) < 4.78 is 10.6. The zero-order valence-corrected chi connectivity index (χ0v) is 11.3. The van der Waals surface area contributed by atoms with Crippen LogP contribution in [0.5, 0.6) is 5.75 Å². The maximum absolute atomic E-state index is 10.9. The van der Waals surface area contributed by atoms with Crippen molar-refractivity contribution in [3.63, 3.8) is 0 Å². The van der Waals surface area contributed by atoms with Gasteiger partial charge in [-0.15, -0.1) is 0 Å². The van der Waals surface area contributed by atoms with Crippen molar-refractivity contribution >= 4 is 11.4 Å². The lowest BCUT2D eigenvalue weighted by atomic mass is 10.2. The smallest absolute Gasteiger partial charge is 0.311 e. The largest absolute Gasteiger partial charge is 0.487 e. The Morgan fingerprint density at radius 3 is 2.90 bits per heavy atom. The molecule has 0 bridgehead atoms. The van der Waals surface area contributed by atoms with Gasteiger partial charge in [-0.05, 0) is 19.9 Å². The molecule has 0 fully saturated rings. The highest BCUT2D eigenvalue weighted by molar-refractivity contribution is 5.57. The topological polar surface area (TPSA) is 90.4 Å². The summed E-state index contributed by atoms with van der Waals surface area (Å²) in [5, 5.41) is 14.0. The van der Waals surface area contributed by atoms with Gasteiger partial charge in [-0.2, -0.15) is 0 Å². The monoisotopic (exact) mass is 277 g/mol. The Kier molecular flexibility index (Phi) is 4.19. The van der Waals surface area contributed by atoms with Gasteiger partial charge in [-0.1, -0.05) is 0 Å². The van der Waals surface area contributed by atoms with E-state index in [9.17, 15) is 10.1 Å². The first-order valence-electron chi connectivity index (χ1n) is 6.16. The molecule has 0 amide bonds. The number of nitrogens with one attached hydrogen (secondary N) is 1. The van der Waals surface area contributed by atoms with Crippen molar-refractivity contribution in [3.8, 4) is 5.75 Å². The van der Waals surface area contributed by atoms with Crippen LogP contribution >= 0.6 is 0 Å². The molecule has 0 saturated heterocycles. The third-order valence-electron chi connectivity index (χ3n) is 2.57. The van der Waals surface area contributed by atoms with E-state index in [1.807, 2.05) is 6.92 Å². The van der Waals surface area contributed by atoms with E-state index >= 15 is 0 Å². The zero-order valence-electron chi connectivity index (χ0n) is 11.3. The number of rotatable bonds is 6. The molecule has 0 spiro atoms. The first-order valence-corrected chi connectivity index (χ1v) is 6.16. The summed E-state index contributed by atoms with van der Waals surface area (Å²) in [7, 11) is 0. The van der Waals surface area contributed by atoms with Crippen molar-refractivity contribution in [2.24, 2.45) is 0 Å². The van der Waals surface area contributed by atoms with Crippen molar-refractivity contribution < 1.29 is 14.1 Å². The Morgan fingerprint density at radius 2 is 2.30 bits per heavy atom. The molecule has 20 heavy (non-hydrogen) atoms. The number of hydrogen-bond acceptors (Lipinski definition) is 6. The molecule has 0 saturated carbocycles. The highest BCUT2D eigenvalue weighted by Gasteiger charge is 2.15. The number of nitro benzene ring substituents is 1. The van der Waals surface area contributed by atoms with Crippen LogP contribution in [0.4, 0.5) is 11.4 Å². The average molecular weight is 277 g/mol. The Labute approximate surface area is 115 Å². The minimum atomic E-state index is -0.466. The lowest BCUT2D eigenvalue weighted by Crippen LogP contribution is -2.02. The Balaban J connectivity index is 2.12. The quantitative estimate of drug-likeness (QED) is 0.645. The van der Waals surface area contributed by atoms with Crippen molar-refractivity contribution in [2.45, 2.75) is 20.4 Å². The number of oxazole rings is 1. The van der Waals surface area contributed by atoms with Gasteiger partial charge < -0.3 is 14.5 Å². The van der Waals surface area contributed by atoms with Gasteiger partial charge in [0.05, 0.1) is 24.3 Å². The summed E-state index contributed by atoms with van der Waals surface area (Å²) >= 11 is 0. The van der Waals surface area contributed by atoms with Crippen LogP contribution in [0.25, 0.3) is 0 Å². The molecule has 0 aliphatic heterocycles. The number of ether oxygens (including phenoxy) is 1. The molecule has 0 aliphatic carbocycles. The molecule has 0 radical (unpaired) electrons. The van der Waals surface area contributed by atoms with E-state index in [4.69, 9.17) is 9.15 Å². The summed E-state index contributed by atoms with van der Waals surface area (Å²) in [6, 6.07) is 4.63. The molecule has 0 aliphatic rings. The number of anilines is 1. The number of hydrogen-bond donors (Lipinski definition) is 1. The minimum Gasteiger partial charge on any atom is -0.487 e. The maximum Gasteiger partial charge on any atom is 0.311 e. The van der Waals surface area contributed by atoms with E-state index in [1.54, 1.807) is 25.3 Å². The summed E-state index contributed by atoms with van der Waals surface area (Å²) in [6.45, 7) is 4.36.